The summed E-state index contributed by atoms with van der Waals surface area (Å²) in [5, 5.41) is 0. The van der Waals surface area contributed by atoms with Gasteiger partial charge < -0.3 is 28.4 Å². The molecule has 1 fully saturated rings. The van der Waals surface area contributed by atoms with E-state index >= 15 is 0 Å². The second-order valence-electron chi connectivity index (χ2n) is 8.06. The fraction of sp³-hybridized carbons (Fsp3) is 0.423. The molecule has 9 nitrogen and oxygen atoms in total. The van der Waals surface area contributed by atoms with Crippen LogP contribution >= 0.6 is 11.8 Å². The molecule has 0 radical (unpaired) electrons. The Hall–Kier alpha value is -3.08. The minimum atomic E-state index is -0.977. The van der Waals surface area contributed by atoms with E-state index in [0.29, 0.717) is 5.75 Å². The molecule has 10 heteroatoms. The van der Waals surface area contributed by atoms with Crippen molar-refractivity contribution >= 4 is 29.7 Å². The number of hydrogen-bond donors (Lipinski definition) is 0. The number of ether oxygens (including phenoxy) is 6. The van der Waals surface area contributed by atoms with Crippen molar-refractivity contribution in [3.05, 3.63) is 60.2 Å². The molecule has 0 spiro atoms. The maximum absolute atomic E-state index is 11.9. The fourth-order valence-electron chi connectivity index (χ4n) is 3.71. The Labute approximate surface area is 214 Å². The minimum absolute atomic E-state index is 0.132. The van der Waals surface area contributed by atoms with Crippen LogP contribution in [0.4, 0.5) is 0 Å². The Bertz CT molecular complexity index is 1010. The third kappa shape index (κ3) is 7.97. The quantitative estimate of drug-likeness (QED) is 0.340. The van der Waals surface area contributed by atoms with E-state index in [0.717, 1.165) is 11.3 Å². The van der Waals surface area contributed by atoms with Crippen LogP contribution in [0.5, 0.6) is 11.5 Å². The van der Waals surface area contributed by atoms with Crippen molar-refractivity contribution in [2.24, 2.45) is 0 Å². The number of rotatable bonds is 10. The molecular weight excluding hydrogens is 488 g/mol. The summed E-state index contributed by atoms with van der Waals surface area (Å²) in [6.45, 7) is 3.80. The zero-order valence-electron chi connectivity index (χ0n) is 20.6. The number of thioether (sulfide) groups is 1. The molecule has 0 aromatic heterocycles. The van der Waals surface area contributed by atoms with Crippen molar-refractivity contribution in [2.45, 2.75) is 57.2 Å². The Kier molecular flexibility index (Phi) is 10.2. The summed E-state index contributed by atoms with van der Waals surface area (Å²) in [7, 11) is 0. The highest BCUT2D eigenvalue weighted by atomic mass is 32.2. The lowest BCUT2D eigenvalue weighted by Gasteiger charge is -2.44. The highest BCUT2D eigenvalue weighted by molar-refractivity contribution is 7.99. The SMILES string of the molecule is CS[C@@H]1O[C@H](COC(C)=O)[C@H](OC(C)=O)[C@H](OCc2ccc(Oc3ccccc3)cc2)[C@H]1OC(C)=O. The van der Waals surface area contributed by atoms with E-state index in [1.54, 1.807) is 6.26 Å². The van der Waals surface area contributed by atoms with Crippen molar-refractivity contribution < 1.29 is 42.8 Å². The van der Waals surface area contributed by atoms with Crippen LogP contribution in [0, 0.1) is 0 Å². The molecule has 1 heterocycles. The van der Waals surface area contributed by atoms with Crippen LogP contribution in [0.25, 0.3) is 0 Å². The molecule has 3 rings (SSSR count). The van der Waals surface area contributed by atoms with Crippen molar-refractivity contribution in [1.82, 2.24) is 0 Å². The normalized spacial score (nSPS) is 23.4. The maximum Gasteiger partial charge on any atom is 0.303 e. The van der Waals surface area contributed by atoms with Crippen molar-refractivity contribution in [2.75, 3.05) is 12.9 Å². The number of para-hydroxylation sites is 1. The Morgan fingerprint density at radius 1 is 0.806 bits per heavy atom. The van der Waals surface area contributed by atoms with Gasteiger partial charge in [-0.1, -0.05) is 30.3 Å². The lowest BCUT2D eigenvalue weighted by molar-refractivity contribution is -0.241. The molecule has 1 saturated heterocycles. The molecule has 2 aromatic carbocycles. The summed E-state index contributed by atoms with van der Waals surface area (Å²) >= 11 is 1.31. The molecule has 0 aliphatic carbocycles. The second kappa shape index (κ2) is 13.3. The lowest BCUT2D eigenvalue weighted by Crippen LogP contribution is -2.61. The van der Waals surface area contributed by atoms with E-state index in [1.165, 1.54) is 32.5 Å². The van der Waals surface area contributed by atoms with Gasteiger partial charge in [0.2, 0.25) is 0 Å². The fourth-order valence-corrected chi connectivity index (χ4v) is 4.45. The molecule has 36 heavy (non-hydrogen) atoms. The third-order valence-corrected chi connectivity index (χ3v) is 6.07. The topological polar surface area (TPSA) is 107 Å². The molecular formula is C26H30O9S. The molecule has 2 aromatic rings. The average molecular weight is 519 g/mol. The van der Waals surface area contributed by atoms with Crippen LogP contribution in [0.1, 0.15) is 26.3 Å². The molecule has 0 amide bonds. The Morgan fingerprint density at radius 2 is 1.42 bits per heavy atom. The van der Waals surface area contributed by atoms with Crippen molar-refractivity contribution in [3.8, 4) is 11.5 Å². The van der Waals surface area contributed by atoms with Crippen LogP contribution in [0.3, 0.4) is 0 Å². The number of esters is 3. The van der Waals surface area contributed by atoms with Crippen LogP contribution in [-0.4, -0.2) is 60.6 Å². The summed E-state index contributed by atoms with van der Waals surface area (Å²) < 4.78 is 34.2. The summed E-state index contributed by atoms with van der Waals surface area (Å²) in [5.41, 5.74) is 0.190. The second-order valence-corrected chi connectivity index (χ2v) is 9.00. The molecule has 0 saturated carbocycles. The molecule has 1 aliphatic rings. The number of carbonyl (C=O) groups excluding carboxylic acids is 3. The van der Waals surface area contributed by atoms with E-state index in [4.69, 9.17) is 28.4 Å². The van der Waals surface area contributed by atoms with Gasteiger partial charge in [-0.3, -0.25) is 14.4 Å². The Balaban J connectivity index is 1.79. The van der Waals surface area contributed by atoms with Gasteiger partial charge in [-0.15, -0.1) is 11.8 Å². The van der Waals surface area contributed by atoms with E-state index in [1.807, 2.05) is 54.6 Å². The highest BCUT2D eigenvalue weighted by Crippen LogP contribution is 2.34. The maximum atomic E-state index is 11.9. The zero-order valence-corrected chi connectivity index (χ0v) is 21.4. The number of benzene rings is 2. The molecule has 0 bridgehead atoms. The largest absolute Gasteiger partial charge is 0.463 e. The molecule has 5 atom stereocenters. The van der Waals surface area contributed by atoms with Crippen LogP contribution in [0.2, 0.25) is 0 Å². The highest BCUT2D eigenvalue weighted by Gasteiger charge is 2.50. The first-order chi connectivity index (χ1) is 17.3. The first-order valence-corrected chi connectivity index (χ1v) is 12.6. The predicted octanol–water partition coefficient (Wildman–Crippen LogP) is 3.88. The van der Waals surface area contributed by atoms with Gasteiger partial charge in [0.1, 0.15) is 35.7 Å². The van der Waals surface area contributed by atoms with Gasteiger partial charge in [-0.2, -0.15) is 0 Å². The summed E-state index contributed by atoms with van der Waals surface area (Å²) in [6.07, 6.45) is -1.73. The number of carbonyl (C=O) groups is 3. The molecule has 194 valence electrons. The smallest absolute Gasteiger partial charge is 0.303 e. The van der Waals surface area contributed by atoms with Crippen molar-refractivity contribution in [3.63, 3.8) is 0 Å². The van der Waals surface area contributed by atoms with Gasteiger partial charge in [0.15, 0.2) is 12.2 Å². The van der Waals surface area contributed by atoms with Crippen LogP contribution in [0.15, 0.2) is 54.6 Å². The summed E-state index contributed by atoms with van der Waals surface area (Å²) in [4.78, 5) is 35.2. The van der Waals surface area contributed by atoms with E-state index < -0.39 is 47.8 Å². The summed E-state index contributed by atoms with van der Waals surface area (Å²) in [6, 6.07) is 16.7. The van der Waals surface area contributed by atoms with E-state index in [9.17, 15) is 14.4 Å². The average Bonchev–Trinajstić information content (AvgIpc) is 2.84. The third-order valence-electron chi connectivity index (χ3n) is 5.22. The van der Waals surface area contributed by atoms with Gasteiger partial charge in [-0.05, 0) is 36.1 Å². The van der Waals surface area contributed by atoms with E-state index in [2.05, 4.69) is 0 Å². The van der Waals surface area contributed by atoms with Gasteiger partial charge in [0.25, 0.3) is 0 Å². The summed E-state index contributed by atoms with van der Waals surface area (Å²) in [5.74, 6) is -0.219. The first-order valence-electron chi connectivity index (χ1n) is 11.4. The zero-order chi connectivity index (χ0) is 26.1. The first kappa shape index (κ1) is 27.5. The molecule has 0 N–H and O–H groups in total. The number of hydrogen-bond acceptors (Lipinski definition) is 10. The monoisotopic (exact) mass is 518 g/mol. The van der Waals surface area contributed by atoms with Gasteiger partial charge in [-0.25, -0.2) is 0 Å². The van der Waals surface area contributed by atoms with Crippen LogP contribution < -0.4 is 4.74 Å². The van der Waals surface area contributed by atoms with Gasteiger partial charge in [0.05, 0.1) is 6.61 Å². The van der Waals surface area contributed by atoms with Gasteiger partial charge in [0, 0.05) is 20.8 Å². The van der Waals surface area contributed by atoms with Crippen LogP contribution in [-0.2, 0) is 44.7 Å². The molecule has 0 unspecified atom stereocenters. The standard InChI is InChI=1S/C26H30O9S/c1-16(27)30-15-22-23(32-17(2)28)24(25(33-18(3)29)26(35-22)36-4)31-14-19-10-12-21(13-11-19)34-20-8-6-5-7-9-20/h5-13,22-26H,14-15H2,1-4H3/t22-,23+,24+,25-,26+/m1/s1. The lowest BCUT2D eigenvalue weighted by atomic mass is 9.99. The Morgan fingerprint density at radius 3 is 2.00 bits per heavy atom. The van der Waals surface area contributed by atoms with E-state index in [-0.39, 0.29) is 13.2 Å². The van der Waals surface area contributed by atoms with Gasteiger partial charge >= 0.3 is 17.9 Å². The van der Waals surface area contributed by atoms with Crippen molar-refractivity contribution in [1.29, 1.82) is 0 Å². The molecule has 1 aliphatic heterocycles. The minimum Gasteiger partial charge on any atom is -0.463 e. The predicted molar refractivity (Wildman–Crippen MR) is 131 cm³/mol.